The lowest BCUT2D eigenvalue weighted by molar-refractivity contribution is -0.144. The van der Waals surface area contributed by atoms with Gasteiger partial charge in [-0.3, -0.25) is 14.4 Å². The molecule has 34 heavy (non-hydrogen) atoms. The van der Waals surface area contributed by atoms with Crippen molar-refractivity contribution in [1.29, 1.82) is 0 Å². The van der Waals surface area contributed by atoms with Crippen molar-refractivity contribution in [2.24, 2.45) is 5.73 Å². The molecular weight excluding hydrogens is 440 g/mol. The van der Waals surface area contributed by atoms with Crippen LogP contribution in [0.25, 0.3) is 0 Å². The third kappa shape index (κ3) is 8.24. The van der Waals surface area contributed by atoms with Crippen LogP contribution in [0, 0.1) is 0 Å². The Kier molecular flexibility index (Phi) is 9.28. The highest BCUT2D eigenvalue weighted by Crippen LogP contribution is 2.36. The Hall–Kier alpha value is -3.30. The van der Waals surface area contributed by atoms with Crippen molar-refractivity contribution >= 4 is 23.8 Å². The van der Waals surface area contributed by atoms with Gasteiger partial charge < -0.3 is 31.1 Å². The van der Waals surface area contributed by atoms with E-state index in [1.165, 1.54) is 17.0 Å². The maximum absolute atomic E-state index is 13.7. The largest absolute Gasteiger partial charge is 0.508 e. The van der Waals surface area contributed by atoms with Crippen LogP contribution in [-0.2, 0) is 19.1 Å². The molecule has 0 bridgehead atoms. The van der Waals surface area contributed by atoms with Gasteiger partial charge in [0.1, 0.15) is 23.4 Å². The number of aromatic hydroxyl groups is 1. The first-order chi connectivity index (χ1) is 15.9. The van der Waals surface area contributed by atoms with E-state index in [1.807, 2.05) is 6.92 Å². The second kappa shape index (κ2) is 11.7. The maximum Gasteiger partial charge on any atom is 0.408 e. The number of nitrogens with one attached hydrogen (secondary N) is 2. The summed E-state index contributed by atoms with van der Waals surface area (Å²) in [7, 11) is 0. The minimum absolute atomic E-state index is 0.0485. The molecule has 0 radical (unpaired) electrons. The number of hydrogen-bond acceptors (Lipinski definition) is 6. The van der Waals surface area contributed by atoms with Gasteiger partial charge in [-0.2, -0.15) is 0 Å². The van der Waals surface area contributed by atoms with Gasteiger partial charge in [-0.15, -0.1) is 0 Å². The number of phenols is 1. The smallest absolute Gasteiger partial charge is 0.408 e. The van der Waals surface area contributed by atoms with Gasteiger partial charge >= 0.3 is 6.09 Å². The van der Waals surface area contributed by atoms with Crippen LogP contribution in [0.15, 0.2) is 24.3 Å². The highest BCUT2D eigenvalue weighted by Gasteiger charge is 2.44. The summed E-state index contributed by atoms with van der Waals surface area (Å²) in [6, 6.07) is 3.52. The molecule has 1 fully saturated rings. The van der Waals surface area contributed by atoms with E-state index in [0.717, 1.165) is 12.8 Å². The predicted molar refractivity (Wildman–Crippen MR) is 126 cm³/mol. The monoisotopic (exact) mass is 476 g/mol. The van der Waals surface area contributed by atoms with E-state index in [0.29, 0.717) is 24.9 Å². The fraction of sp³-hybridized carbons (Fsp3) is 0.583. The second-order valence-corrected chi connectivity index (χ2v) is 9.49. The van der Waals surface area contributed by atoms with E-state index in [9.17, 15) is 24.3 Å². The Balaban J connectivity index is 2.40. The molecule has 5 N–H and O–H groups in total. The average molecular weight is 477 g/mol. The number of primary amides is 1. The molecule has 0 aromatic heterocycles. The first-order valence-electron chi connectivity index (χ1n) is 11.6. The Bertz CT molecular complexity index is 894. The third-order valence-corrected chi connectivity index (χ3v) is 5.13. The second-order valence-electron chi connectivity index (χ2n) is 9.49. The van der Waals surface area contributed by atoms with Crippen LogP contribution >= 0.6 is 0 Å². The van der Waals surface area contributed by atoms with E-state index < -0.39 is 47.9 Å². The number of carbonyl (C=O) groups excluding carboxylic acids is 4. The molecule has 0 saturated heterocycles. The topological polar surface area (TPSA) is 151 Å². The van der Waals surface area contributed by atoms with Crippen LogP contribution in [0.3, 0.4) is 0 Å². The zero-order valence-electron chi connectivity index (χ0n) is 20.3. The molecule has 10 nitrogen and oxygen atoms in total. The number of alkyl carbamates (subject to hydrolysis) is 1. The lowest BCUT2D eigenvalue weighted by atomic mass is 10.0. The zero-order valence-corrected chi connectivity index (χ0v) is 20.3. The fourth-order valence-electron chi connectivity index (χ4n) is 3.52. The van der Waals surface area contributed by atoms with Gasteiger partial charge in [0.25, 0.3) is 0 Å². The number of unbranched alkanes of at least 4 members (excludes halogenated alkanes) is 1. The van der Waals surface area contributed by atoms with Gasteiger partial charge in [-0.05, 0) is 57.7 Å². The lowest BCUT2D eigenvalue weighted by Crippen LogP contribution is -2.54. The Morgan fingerprint density at radius 1 is 1.24 bits per heavy atom. The summed E-state index contributed by atoms with van der Waals surface area (Å²) >= 11 is 0. The highest BCUT2D eigenvalue weighted by molar-refractivity contribution is 5.95. The lowest BCUT2D eigenvalue weighted by Gasteiger charge is -2.34. The van der Waals surface area contributed by atoms with Crippen LogP contribution in [0.4, 0.5) is 4.79 Å². The van der Waals surface area contributed by atoms with Crippen molar-refractivity contribution in [1.82, 2.24) is 15.5 Å². The Labute approximate surface area is 200 Å². The van der Waals surface area contributed by atoms with Crippen molar-refractivity contribution in [2.75, 3.05) is 6.54 Å². The van der Waals surface area contributed by atoms with Crippen LogP contribution in [-0.4, -0.2) is 58.1 Å². The van der Waals surface area contributed by atoms with Gasteiger partial charge in [-0.25, -0.2) is 4.79 Å². The average Bonchev–Trinajstić information content (AvgIpc) is 3.54. The summed E-state index contributed by atoms with van der Waals surface area (Å²) in [6.07, 6.45) is 1.65. The van der Waals surface area contributed by atoms with Crippen LogP contribution in [0.1, 0.15) is 71.4 Å². The molecule has 0 spiro atoms. The van der Waals surface area contributed by atoms with E-state index in [-0.39, 0.29) is 11.8 Å². The molecule has 2 unspecified atom stereocenters. The number of phenolic OH excluding ortho intramolecular Hbond substituents is 1. The predicted octanol–water partition coefficient (Wildman–Crippen LogP) is 2.11. The maximum atomic E-state index is 13.7. The molecule has 1 saturated carbocycles. The summed E-state index contributed by atoms with van der Waals surface area (Å²) in [5, 5.41) is 15.3. The minimum Gasteiger partial charge on any atom is -0.508 e. The van der Waals surface area contributed by atoms with Crippen LogP contribution < -0.4 is 16.4 Å². The summed E-state index contributed by atoms with van der Waals surface area (Å²) < 4.78 is 5.24. The number of nitrogens with zero attached hydrogens (tertiary/aromatic N) is 1. The molecule has 1 aliphatic rings. The minimum atomic E-state index is -1.31. The van der Waals surface area contributed by atoms with Gasteiger partial charge in [0.05, 0.1) is 6.42 Å². The Morgan fingerprint density at radius 2 is 1.91 bits per heavy atom. The van der Waals surface area contributed by atoms with Crippen molar-refractivity contribution in [3.63, 3.8) is 0 Å². The Morgan fingerprint density at radius 3 is 2.44 bits per heavy atom. The molecule has 4 amide bonds. The van der Waals surface area contributed by atoms with Gasteiger partial charge in [0.2, 0.25) is 17.7 Å². The summed E-state index contributed by atoms with van der Waals surface area (Å²) in [6.45, 7) is 7.44. The molecule has 1 aromatic rings. The first kappa shape index (κ1) is 26.9. The number of rotatable bonds is 11. The zero-order chi connectivity index (χ0) is 25.5. The van der Waals surface area contributed by atoms with E-state index in [4.69, 9.17) is 10.5 Å². The summed E-state index contributed by atoms with van der Waals surface area (Å²) in [5.74, 6) is -1.86. The molecule has 1 aliphatic carbocycles. The molecule has 1 aromatic carbocycles. The number of amides is 4. The van der Waals surface area contributed by atoms with Gasteiger partial charge in [0, 0.05) is 12.6 Å². The standard InChI is InChI=1S/C24H36N4O6/c1-5-6-12-26-21(31)20(15-8-7-9-17(29)13-15)28(16-10-11-16)22(32)18(14-19(25)30)27-23(33)34-24(2,3)4/h7-9,13,16,18,20,29H,5-6,10-12,14H2,1-4H3,(H2,25,30)(H,26,31)(H,27,33). The molecule has 2 atom stereocenters. The molecule has 0 aliphatic heterocycles. The summed E-state index contributed by atoms with van der Waals surface area (Å²) in [4.78, 5) is 52.5. The van der Waals surface area contributed by atoms with E-state index >= 15 is 0 Å². The quantitative estimate of drug-likeness (QED) is 0.359. The van der Waals surface area contributed by atoms with Crippen molar-refractivity contribution in [3.05, 3.63) is 29.8 Å². The first-order valence-corrected chi connectivity index (χ1v) is 11.6. The number of carbonyl (C=O) groups is 4. The van der Waals surface area contributed by atoms with Gasteiger partial charge in [0.15, 0.2) is 0 Å². The number of benzene rings is 1. The molecule has 0 heterocycles. The number of ether oxygens (including phenoxy) is 1. The van der Waals surface area contributed by atoms with Crippen molar-refractivity contribution < 1.29 is 29.0 Å². The van der Waals surface area contributed by atoms with E-state index in [1.54, 1.807) is 32.9 Å². The highest BCUT2D eigenvalue weighted by atomic mass is 16.6. The molecular formula is C24H36N4O6. The third-order valence-electron chi connectivity index (χ3n) is 5.13. The number of hydrogen-bond donors (Lipinski definition) is 4. The van der Waals surface area contributed by atoms with Crippen LogP contribution in [0.5, 0.6) is 5.75 Å². The van der Waals surface area contributed by atoms with Crippen molar-refractivity contribution in [2.45, 2.75) is 83.5 Å². The molecule has 188 valence electrons. The van der Waals surface area contributed by atoms with Crippen LogP contribution in [0.2, 0.25) is 0 Å². The fourth-order valence-corrected chi connectivity index (χ4v) is 3.52. The summed E-state index contributed by atoms with van der Waals surface area (Å²) in [5.41, 5.74) is 4.96. The van der Waals surface area contributed by atoms with Gasteiger partial charge in [-0.1, -0.05) is 25.5 Å². The number of nitrogens with two attached hydrogens (primary N) is 1. The molecule has 2 rings (SSSR count). The molecule has 10 heteroatoms. The normalized spacial score (nSPS) is 15.1. The SMILES string of the molecule is CCCCNC(=O)C(c1cccc(O)c1)N(C(=O)C(CC(N)=O)NC(=O)OC(C)(C)C)C1CC1. The van der Waals surface area contributed by atoms with Crippen molar-refractivity contribution in [3.8, 4) is 5.75 Å². The van der Waals surface area contributed by atoms with E-state index in [2.05, 4.69) is 10.6 Å².